The van der Waals surface area contributed by atoms with Gasteiger partial charge in [0, 0.05) is 5.56 Å². The minimum Gasteiger partial charge on any atom is -0.495 e. The Morgan fingerprint density at radius 1 is 1.05 bits per heavy atom. The van der Waals surface area contributed by atoms with Crippen molar-refractivity contribution in [3.05, 3.63) is 65.9 Å². The van der Waals surface area contributed by atoms with Gasteiger partial charge in [0.2, 0.25) is 0 Å². The van der Waals surface area contributed by atoms with Crippen LogP contribution in [0.4, 0.5) is 5.69 Å². The van der Waals surface area contributed by atoms with E-state index in [-0.39, 0.29) is 21.2 Å². The summed E-state index contributed by atoms with van der Waals surface area (Å²) in [5.74, 6) is 1.66. The molecule has 0 amide bonds. The monoisotopic (exact) mass is 594 g/mol. The lowest BCUT2D eigenvalue weighted by Crippen LogP contribution is -2.23. The van der Waals surface area contributed by atoms with Crippen molar-refractivity contribution in [2.24, 2.45) is 17.8 Å². The maximum atomic E-state index is 13.1. The van der Waals surface area contributed by atoms with Gasteiger partial charge in [-0.1, -0.05) is 62.9 Å². The number of allylic oxidation sites excluding steroid dienone is 2. The molecule has 5 rings (SSSR count). The van der Waals surface area contributed by atoms with Crippen LogP contribution in [0, 0.1) is 17.8 Å². The van der Waals surface area contributed by atoms with Crippen LogP contribution in [0.5, 0.6) is 5.75 Å². The van der Waals surface area contributed by atoms with E-state index >= 15 is 0 Å². The number of anilines is 1. The third-order valence-electron chi connectivity index (χ3n) is 8.65. The smallest absolute Gasteiger partial charge is 0.335 e. The predicted octanol–water partition coefficient (Wildman–Crippen LogP) is 8.11. The van der Waals surface area contributed by atoms with Crippen molar-refractivity contribution in [2.75, 3.05) is 11.8 Å². The van der Waals surface area contributed by atoms with Gasteiger partial charge in [-0.3, -0.25) is 4.72 Å². The molecule has 2 aromatic carbocycles. The van der Waals surface area contributed by atoms with Crippen molar-refractivity contribution in [2.45, 2.75) is 68.9 Å². The molecule has 0 radical (unpaired) electrons. The highest BCUT2D eigenvalue weighted by Gasteiger charge is 2.28. The normalized spacial score (nSPS) is 21.2. The number of hydrogen-bond donors (Lipinski definition) is 2. The van der Waals surface area contributed by atoms with Crippen LogP contribution in [-0.2, 0) is 10.0 Å². The number of carbonyl (C=O) groups is 1. The molecular formula is C32H38N2O5S2. The molecule has 1 fully saturated rings. The van der Waals surface area contributed by atoms with Crippen molar-refractivity contribution in [3.8, 4) is 16.3 Å². The van der Waals surface area contributed by atoms with Crippen molar-refractivity contribution in [1.29, 1.82) is 0 Å². The van der Waals surface area contributed by atoms with E-state index in [2.05, 4.69) is 34.8 Å². The van der Waals surface area contributed by atoms with Crippen molar-refractivity contribution >= 4 is 38.6 Å². The Kier molecular flexibility index (Phi) is 9.14. The molecule has 0 bridgehead atoms. The number of benzene rings is 2. The number of rotatable bonds is 10. The van der Waals surface area contributed by atoms with Gasteiger partial charge in [-0.05, 0) is 79.2 Å². The van der Waals surface area contributed by atoms with Crippen molar-refractivity contribution in [3.63, 3.8) is 0 Å². The van der Waals surface area contributed by atoms with Crippen LogP contribution in [-0.4, -0.2) is 31.6 Å². The van der Waals surface area contributed by atoms with E-state index in [1.54, 1.807) is 0 Å². The van der Waals surface area contributed by atoms with Crippen LogP contribution >= 0.6 is 11.3 Å². The van der Waals surface area contributed by atoms with Gasteiger partial charge in [-0.2, -0.15) is 0 Å². The van der Waals surface area contributed by atoms with Crippen LogP contribution in [0.25, 0.3) is 16.1 Å². The lowest BCUT2D eigenvalue weighted by Gasteiger charge is -2.35. The van der Waals surface area contributed by atoms with E-state index in [1.807, 2.05) is 12.1 Å². The zero-order chi connectivity index (χ0) is 29.0. The standard InChI is InChI=1S/C32H38N2O5S2/c1-3-4-21-5-7-22(8-6-21)23-9-11-24(12-10-23)25-13-15-26(16-14-25)31-33-20-30(40-31)41(37,38)34-28-18-17-27(32(35)36)19-29(28)39-2/h11,13-23,34H,3-10,12H2,1-2H3,(H,35,36)/t21-,22-,23?. The second-order valence-electron chi connectivity index (χ2n) is 11.2. The number of ether oxygens (including phenoxy) is 1. The van der Waals surface area contributed by atoms with E-state index in [0.29, 0.717) is 5.01 Å². The zero-order valence-electron chi connectivity index (χ0n) is 23.6. The summed E-state index contributed by atoms with van der Waals surface area (Å²) in [7, 11) is -2.59. The molecule has 1 atom stereocenters. The van der Waals surface area contributed by atoms with Crippen LogP contribution < -0.4 is 9.46 Å². The molecule has 9 heteroatoms. The van der Waals surface area contributed by atoms with Crippen LogP contribution in [0.3, 0.4) is 0 Å². The number of sulfonamides is 1. The van der Waals surface area contributed by atoms with Crippen LogP contribution in [0.2, 0.25) is 0 Å². The summed E-state index contributed by atoms with van der Waals surface area (Å²) in [6.07, 6.45) is 15.7. The first-order chi connectivity index (χ1) is 19.8. The third-order valence-corrected chi connectivity index (χ3v) is 11.5. The maximum Gasteiger partial charge on any atom is 0.335 e. The lowest BCUT2D eigenvalue weighted by molar-refractivity contribution is 0.0696. The molecule has 1 saturated carbocycles. The minimum atomic E-state index is -3.94. The number of thiazole rings is 1. The molecule has 1 unspecified atom stereocenters. The molecule has 2 N–H and O–H groups in total. The Morgan fingerprint density at radius 3 is 2.41 bits per heavy atom. The van der Waals surface area contributed by atoms with Gasteiger partial charge < -0.3 is 9.84 Å². The molecule has 7 nitrogen and oxygen atoms in total. The van der Waals surface area contributed by atoms with Gasteiger partial charge in [0.15, 0.2) is 4.21 Å². The van der Waals surface area contributed by atoms with Gasteiger partial charge in [0.1, 0.15) is 10.8 Å². The number of hydrogen-bond acceptors (Lipinski definition) is 6. The number of aromatic nitrogens is 1. The molecule has 2 aliphatic carbocycles. The second-order valence-corrected chi connectivity index (χ2v) is 14.2. The van der Waals surface area contributed by atoms with E-state index in [0.717, 1.165) is 41.1 Å². The number of nitrogens with one attached hydrogen (secondary N) is 1. The van der Waals surface area contributed by atoms with Crippen molar-refractivity contribution in [1.82, 2.24) is 4.98 Å². The fourth-order valence-electron chi connectivity index (χ4n) is 6.35. The summed E-state index contributed by atoms with van der Waals surface area (Å²) >= 11 is 1.08. The fraction of sp³-hybridized carbons (Fsp3) is 0.438. The van der Waals surface area contributed by atoms with Gasteiger partial charge in [-0.15, -0.1) is 11.3 Å². The Hall–Kier alpha value is -3.17. The van der Waals surface area contributed by atoms with Gasteiger partial charge in [0.05, 0.1) is 24.6 Å². The van der Waals surface area contributed by atoms with Gasteiger partial charge in [0.25, 0.3) is 10.0 Å². The van der Waals surface area contributed by atoms with Gasteiger partial charge in [-0.25, -0.2) is 18.2 Å². The molecule has 3 aromatic rings. The van der Waals surface area contributed by atoms with Crippen molar-refractivity contribution < 1.29 is 23.1 Å². The van der Waals surface area contributed by atoms with E-state index < -0.39 is 16.0 Å². The highest BCUT2D eigenvalue weighted by atomic mass is 32.2. The molecule has 0 spiro atoms. The maximum absolute atomic E-state index is 13.1. The first-order valence-electron chi connectivity index (χ1n) is 14.5. The summed E-state index contributed by atoms with van der Waals surface area (Å²) < 4.78 is 33.9. The van der Waals surface area contributed by atoms with E-state index in [1.165, 1.54) is 94.0 Å². The van der Waals surface area contributed by atoms with Gasteiger partial charge >= 0.3 is 5.97 Å². The summed E-state index contributed by atoms with van der Waals surface area (Å²) in [6.45, 7) is 2.30. The van der Waals surface area contributed by atoms with Crippen LogP contribution in [0.15, 0.2) is 58.9 Å². The number of aromatic carboxylic acids is 1. The Morgan fingerprint density at radius 2 is 1.78 bits per heavy atom. The topological polar surface area (TPSA) is 106 Å². The summed E-state index contributed by atoms with van der Waals surface area (Å²) in [4.78, 5) is 15.6. The molecule has 218 valence electrons. The van der Waals surface area contributed by atoms with E-state index in [9.17, 15) is 18.3 Å². The quantitative estimate of drug-likeness (QED) is 0.246. The average molecular weight is 595 g/mol. The zero-order valence-corrected chi connectivity index (χ0v) is 25.3. The molecule has 0 aliphatic heterocycles. The molecule has 2 aliphatic rings. The Bertz CT molecular complexity index is 1500. The third kappa shape index (κ3) is 6.84. The first kappa shape index (κ1) is 29.3. The van der Waals surface area contributed by atoms with E-state index in [4.69, 9.17) is 4.74 Å². The minimum absolute atomic E-state index is 0.00171. The molecule has 0 saturated heterocycles. The Labute approximate surface area is 246 Å². The number of methoxy groups -OCH3 is 1. The largest absolute Gasteiger partial charge is 0.495 e. The first-order valence-corrected chi connectivity index (χ1v) is 16.8. The molecular weight excluding hydrogens is 556 g/mol. The molecule has 1 aromatic heterocycles. The number of carboxylic acids is 1. The number of nitrogens with zero attached hydrogens (tertiary/aromatic N) is 1. The lowest BCUT2D eigenvalue weighted by atomic mass is 9.70. The highest BCUT2D eigenvalue weighted by molar-refractivity contribution is 7.94. The average Bonchev–Trinajstić information content (AvgIpc) is 3.50. The highest BCUT2D eigenvalue weighted by Crippen LogP contribution is 2.42. The summed E-state index contributed by atoms with van der Waals surface area (Å²) in [5, 5.41) is 9.80. The molecule has 1 heterocycles. The summed E-state index contributed by atoms with van der Waals surface area (Å²) in [5.41, 5.74) is 3.65. The Balaban J connectivity index is 1.22. The SMILES string of the molecule is CCC[C@H]1CC[C@H](C2CC=C(c3ccc(-c4ncc(S(=O)(=O)Nc5ccc(C(=O)O)cc5OC)s4)cc3)CC2)CC1. The molecule has 41 heavy (non-hydrogen) atoms. The fourth-order valence-corrected chi connectivity index (χ4v) is 8.56. The predicted molar refractivity (Wildman–Crippen MR) is 164 cm³/mol. The van der Waals surface area contributed by atoms with Crippen LogP contribution in [0.1, 0.15) is 80.6 Å². The summed E-state index contributed by atoms with van der Waals surface area (Å²) in [6, 6.07) is 12.2. The second kappa shape index (κ2) is 12.8. The number of carboxylic acid groups (broad SMARTS) is 1.